The van der Waals surface area contributed by atoms with Gasteiger partial charge >= 0.3 is 0 Å². The number of aliphatic hydroxyl groups excluding tert-OH is 1. The van der Waals surface area contributed by atoms with Gasteiger partial charge in [0.15, 0.2) is 0 Å². The van der Waals surface area contributed by atoms with Gasteiger partial charge in [0.05, 0.1) is 12.7 Å². The van der Waals surface area contributed by atoms with Gasteiger partial charge in [0, 0.05) is 6.04 Å². The Labute approximate surface area is 87.1 Å². The van der Waals surface area contributed by atoms with Crippen molar-refractivity contribution in [3.8, 4) is 6.07 Å². The van der Waals surface area contributed by atoms with Crippen molar-refractivity contribution in [3.63, 3.8) is 0 Å². The van der Waals surface area contributed by atoms with Crippen LogP contribution >= 0.6 is 0 Å². The number of hydrogen-bond acceptors (Lipinski definition) is 3. The highest BCUT2D eigenvalue weighted by atomic mass is 16.3. The summed E-state index contributed by atoms with van der Waals surface area (Å²) in [5, 5.41) is 20.4. The van der Waals surface area contributed by atoms with E-state index in [1.54, 1.807) is 0 Å². The van der Waals surface area contributed by atoms with E-state index < -0.39 is 0 Å². The summed E-state index contributed by atoms with van der Waals surface area (Å²) in [6.45, 7) is 6.11. The van der Waals surface area contributed by atoms with Gasteiger partial charge < -0.3 is 5.11 Å². The van der Waals surface area contributed by atoms with Crippen molar-refractivity contribution >= 4 is 0 Å². The van der Waals surface area contributed by atoms with Crippen LogP contribution in [-0.2, 0) is 0 Å². The second-order valence-electron chi connectivity index (χ2n) is 3.47. The molecule has 14 heavy (non-hydrogen) atoms. The van der Waals surface area contributed by atoms with Crippen LogP contribution in [0.2, 0.25) is 0 Å². The first-order valence-corrected chi connectivity index (χ1v) is 5.56. The van der Waals surface area contributed by atoms with Gasteiger partial charge in [-0.25, -0.2) is 0 Å². The Bertz CT molecular complexity index is 171. The minimum absolute atomic E-state index is 0.0796. The molecule has 0 spiro atoms. The molecule has 0 amide bonds. The van der Waals surface area contributed by atoms with E-state index in [0.29, 0.717) is 6.04 Å². The molecule has 1 aliphatic carbocycles. The van der Waals surface area contributed by atoms with Crippen LogP contribution < -0.4 is 5.32 Å². The topological polar surface area (TPSA) is 56.0 Å². The van der Waals surface area contributed by atoms with Gasteiger partial charge in [-0.05, 0) is 18.8 Å². The summed E-state index contributed by atoms with van der Waals surface area (Å²) in [5.74, 6) is 0.834. The number of nitrogens with zero attached hydrogens (tertiary/aromatic N) is 1. The third kappa shape index (κ3) is 4.08. The zero-order valence-electron chi connectivity index (χ0n) is 9.45. The van der Waals surface area contributed by atoms with Gasteiger partial charge in [0.2, 0.25) is 0 Å². The molecule has 0 aromatic rings. The lowest BCUT2D eigenvalue weighted by molar-refractivity contribution is 0.182. The minimum atomic E-state index is -0.368. The van der Waals surface area contributed by atoms with Crippen molar-refractivity contribution in [1.29, 1.82) is 5.26 Å². The van der Waals surface area contributed by atoms with E-state index in [9.17, 15) is 0 Å². The van der Waals surface area contributed by atoms with Gasteiger partial charge in [-0.1, -0.05) is 27.2 Å². The van der Waals surface area contributed by atoms with E-state index >= 15 is 0 Å². The molecule has 0 aliphatic heterocycles. The average Bonchev–Trinajstić information content (AvgIpc) is 2.20. The number of nitriles is 1. The summed E-state index contributed by atoms with van der Waals surface area (Å²) in [6.07, 6.45) is 3.55. The summed E-state index contributed by atoms with van der Waals surface area (Å²) >= 11 is 0. The van der Waals surface area contributed by atoms with Crippen molar-refractivity contribution in [2.75, 3.05) is 6.61 Å². The monoisotopic (exact) mass is 198 g/mol. The Morgan fingerprint density at radius 3 is 2.43 bits per heavy atom. The van der Waals surface area contributed by atoms with E-state index in [1.807, 2.05) is 19.9 Å². The zero-order chi connectivity index (χ0) is 11.0. The summed E-state index contributed by atoms with van der Waals surface area (Å²) < 4.78 is 0. The molecule has 1 fully saturated rings. The van der Waals surface area contributed by atoms with Crippen LogP contribution in [0.3, 0.4) is 0 Å². The molecular formula is C11H22N2O. The number of aliphatic hydroxyl groups is 1. The van der Waals surface area contributed by atoms with Crippen LogP contribution in [0.4, 0.5) is 0 Å². The van der Waals surface area contributed by atoms with E-state index in [0.717, 1.165) is 18.8 Å². The smallest absolute Gasteiger partial charge is 0.119 e. The lowest BCUT2D eigenvalue weighted by Gasteiger charge is -2.36. The maximum Gasteiger partial charge on any atom is 0.119 e. The molecule has 1 aliphatic rings. The molecule has 1 atom stereocenters. The third-order valence-corrected chi connectivity index (χ3v) is 2.59. The lowest BCUT2D eigenvalue weighted by atomic mass is 9.78. The van der Waals surface area contributed by atoms with Crippen molar-refractivity contribution < 1.29 is 5.11 Å². The fourth-order valence-electron chi connectivity index (χ4n) is 1.62. The SMILES string of the molecule is CC.CCC1CC(NC(C#N)CO)C1. The maximum absolute atomic E-state index is 8.73. The number of rotatable bonds is 4. The molecule has 1 saturated carbocycles. The molecule has 3 nitrogen and oxygen atoms in total. The average molecular weight is 198 g/mol. The van der Waals surface area contributed by atoms with Crippen LogP contribution in [0.5, 0.6) is 0 Å². The third-order valence-electron chi connectivity index (χ3n) is 2.59. The zero-order valence-corrected chi connectivity index (χ0v) is 9.45. The Balaban J connectivity index is 0.000000791. The summed E-state index contributed by atoms with van der Waals surface area (Å²) in [5.41, 5.74) is 0. The molecular weight excluding hydrogens is 176 g/mol. The van der Waals surface area contributed by atoms with Crippen LogP contribution in [-0.4, -0.2) is 23.8 Å². The fraction of sp³-hybridized carbons (Fsp3) is 0.909. The predicted octanol–water partition coefficient (Wildman–Crippen LogP) is 1.68. The van der Waals surface area contributed by atoms with Gasteiger partial charge in [0.1, 0.15) is 6.04 Å². The Morgan fingerprint density at radius 1 is 1.50 bits per heavy atom. The van der Waals surface area contributed by atoms with Crippen LogP contribution in [0.15, 0.2) is 0 Å². The first-order valence-electron chi connectivity index (χ1n) is 5.56. The molecule has 0 heterocycles. The van der Waals surface area contributed by atoms with Gasteiger partial charge in [-0.2, -0.15) is 5.26 Å². The molecule has 82 valence electrons. The van der Waals surface area contributed by atoms with E-state index in [-0.39, 0.29) is 12.6 Å². The molecule has 0 radical (unpaired) electrons. The molecule has 3 heteroatoms. The largest absolute Gasteiger partial charge is 0.394 e. The maximum atomic E-state index is 8.73. The van der Waals surface area contributed by atoms with Crippen LogP contribution in [0.1, 0.15) is 40.0 Å². The molecule has 0 aromatic carbocycles. The van der Waals surface area contributed by atoms with Crippen LogP contribution in [0.25, 0.3) is 0 Å². The fourth-order valence-corrected chi connectivity index (χ4v) is 1.62. The predicted molar refractivity (Wildman–Crippen MR) is 57.8 cm³/mol. The number of hydrogen-bond donors (Lipinski definition) is 2. The first kappa shape index (κ1) is 13.4. The highest BCUT2D eigenvalue weighted by Gasteiger charge is 2.28. The van der Waals surface area contributed by atoms with E-state index in [2.05, 4.69) is 12.2 Å². The van der Waals surface area contributed by atoms with Gasteiger partial charge in [-0.3, -0.25) is 5.32 Å². The molecule has 1 rings (SSSR count). The highest BCUT2D eigenvalue weighted by molar-refractivity contribution is 4.95. The minimum Gasteiger partial charge on any atom is -0.394 e. The quantitative estimate of drug-likeness (QED) is 0.722. The Kier molecular flexibility index (Phi) is 7.45. The van der Waals surface area contributed by atoms with Gasteiger partial charge in [0.25, 0.3) is 0 Å². The van der Waals surface area contributed by atoms with E-state index in [1.165, 1.54) is 6.42 Å². The second-order valence-corrected chi connectivity index (χ2v) is 3.47. The van der Waals surface area contributed by atoms with Crippen molar-refractivity contribution in [2.24, 2.45) is 5.92 Å². The van der Waals surface area contributed by atoms with Gasteiger partial charge in [-0.15, -0.1) is 0 Å². The molecule has 2 N–H and O–H groups in total. The molecule has 0 aromatic heterocycles. The molecule has 0 saturated heterocycles. The summed E-state index contributed by atoms with van der Waals surface area (Å²) in [4.78, 5) is 0. The lowest BCUT2D eigenvalue weighted by Crippen LogP contribution is -2.47. The standard InChI is InChI=1S/C9H16N2O.C2H6/c1-2-7-3-8(4-7)11-9(5-10)6-12;1-2/h7-9,11-12H,2-4,6H2,1H3;1-2H3. The Morgan fingerprint density at radius 2 is 2.07 bits per heavy atom. The first-order chi connectivity index (χ1) is 6.80. The Hall–Kier alpha value is -0.590. The summed E-state index contributed by atoms with van der Waals surface area (Å²) in [7, 11) is 0. The molecule has 0 bridgehead atoms. The second kappa shape index (κ2) is 7.78. The van der Waals surface area contributed by atoms with Crippen molar-refractivity contribution in [2.45, 2.75) is 52.1 Å². The van der Waals surface area contributed by atoms with Crippen molar-refractivity contribution in [3.05, 3.63) is 0 Å². The van der Waals surface area contributed by atoms with Crippen molar-refractivity contribution in [1.82, 2.24) is 5.32 Å². The van der Waals surface area contributed by atoms with E-state index in [4.69, 9.17) is 10.4 Å². The normalized spacial score (nSPS) is 26.5. The number of nitrogens with one attached hydrogen (secondary N) is 1. The molecule has 1 unspecified atom stereocenters. The highest BCUT2D eigenvalue weighted by Crippen LogP contribution is 2.29. The summed E-state index contributed by atoms with van der Waals surface area (Å²) in [6, 6.07) is 2.12. The van der Waals surface area contributed by atoms with Crippen LogP contribution in [0, 0.1) is 17.2 Å².